The molecule has 3 aromatic rings. The first kappa shape index (κ1) is 18.4. The van der Waals surface area contributed by atoms with Gasteiger partial charge in [0, 0.05) is 11.6 Å². The number of methoxy groups -OCH3 is 1. The van der Waals surface area contributed by atoms with Gasteiger partial charge in [0.1, 0.15) is 11.0 Å². The molecule has 0 aliphatic heterocycles. The van der Waals surface area contributed by atoms with E-state index in [-0.39, 0.29) is 11.9 Å². The van der Waals surface area contributed by atoms with Gasteiger partial charge in [-0.25, -0.2) is 4.68 Å². The van der Waals surface area contributed by atoms with Crippen LogP contribution in [0.15, 0.2) is 59.8 Å². The molecule has 7 nitrogen and oxygen atoms in total. The van der Waals surface area contributed by atoms with Gasteiger partial charge in [-0.2, -0.15) is 0 Å². The van der Waals surface area contributed by atoms with Gasteiger partial charge < -0.3 is 15.9 Å². The number of benzene rings is 2. The molecule has 1 heterocycles. The van der Waals surface area contributed by atoms with Crippen LogP contribution in [0.3, 0.4) is 0 Å². The number of rotatable bonds is 7. The summed E-state index contributed by atoms with van der Waals surface area (Å²) in [5.74, 6) is 7.50. The van der Waals surface area contributed by atoms with Crippen molar-refractivity contribution in [1.82, 2.24) is 20.2 Å². The van der Waals surface area contributed by atoms with Gasteiger partial charge in [0.05, 0.1) is 7.11 Å². The monoisotopic (exact) mass is 395 g/mol. The molecule has 8 heteroatoms. The number of thioether (sulfide) groups is 1. The second-order valence-electron chi connectivity index (χ2n) is 6.60. The van der Waals surface area contributed by atoms with Gasteiger partial charge in [0.2, 0.25) is 11.1 Å². The highest BCUT2D eigenvalue weighted by atomic mass is 32.2. The van der Waals surface area contributed by atoms with Crippen LogP contribution in [0.25, 0.3) is 11.4 Å². The number of amides is 1. The van der Waals surface area contributed by atoms with Crippen LogP contribution in [0.5, 0.6) is 5.75 Å². The molecule has 0 spiro atoms. The van der Waals surface area contributed by atoms with Gasteiger partial charge in [0.15, 0.2) is 5.82 Å². The fraction of sp³-hybridized carbons (Fsp3) is 0.250. The minimum Gasteiger partial charge on any atom is -0.497 e. The zero-order chi connectivity index (χ0) is 19.5. The van der Waals surface area contributed by atoms with Crippen molar-refractivity contribution in [2.45, 2.75) is 29.3 Å². The number of aromatic nitrogens is 3. The molecule has 0 bridgehead atoms. The van der Waals surface area contributed by atoms with E-state index in [4.69, 9.17) is 10.6 Å². The first-order valence-electron chi connectivity index (χ1n) is 9.02. The summed E-state index contributed by atoms with van der Waals surface area (Å²) in [6.07, 6.45) is 2.07. The molecule has 0 unspecified atom stereocenters. The highest BCUT2D eigenvalue weighted by Gasteiger charge is 2.30. The molecule has 2 aromatic carbocycles. The van der Waals surface area contributed by atoms with Crippen molar-refractivity contribution in [3.05, 3.63) is 60.2 Å². The first-order valence-corrected chi connectivity index (χ1v) is 9.90. The second-order valence-corrected chi connectivity index (χ2v) is 7.67. The zero-order valence-electron chi connectivity index (χ0n) is 15.4. The molecule has 1 amide bonds. The van der Waals surface area contributed by atoms with Crippen molar-refractivity contribution in [3.8, 4) is 17.1 Å². The molecule has 0 saturated heterocycles. The maximum Gasteiger partial charge on any atom is 0.238 e. The molecule has 1 aliphatic rings. The molecule has 1 atom stereocenters. The van der Waals surface area contributed by atoms with Gasteiger partial charge in [-0.15, -0.1) is 10.2 Å². The van der Waals surface area contributed by atoms with Crippen LogP contribution in [-0.4, -0.2) is 33.9 Å². The Bertz CT molecular complexity index is 954. The predicted molar refractivity (Wildman–Crippen MR) is 108 cm³/mol. The number of ether oxygens (including phenoxy) is 1. The third-order valence-electron chi connectivity index (χ3n) is 4.50. The molecular weight excluding hydrogens is 374 g/mol. The van der Waals surface area contributed by atoms with E-state index in [9.17, 15) is 4.79 Å². The number of nitrogens with two attached hydrogens (primary N) is 1. The van der Waals surface area contributed by atoms with E-state index in [2.05, 4.69) is 15.5 Å². The molecule has 28 heavy (non-hydrogen) atoms. The maximum atomic E-state index is 12.8. The lowest BCUT2D eigenvalue weighted by molar-refractivity contribution is -0.120. The Morgan fingerprint density at radius 2 is 1.89 bits per heavy atom. The number of nitrogens with one attached hydrogen (secondary N) is 1. The summed E-state index contributed by atoms with van der Waals surface area (Å²) in [5, 5.41) is 11.5. The van der Waals surface area contributed by atoms with E-state index in [1.165, 1.54) is 16.4 Å². The smallest absolute Gasteiger partial charge is 0.238 e. The summed E-state index contributed by atoms with van der Waals surface area (Å²) in [4.78, 5) is 12.8. The fourth-order valence-corrected chi connectivity index (χ4v) is 3.77. The van der Waals surface area contributed by atoms with Gasteiger partial charge in [-0.05, 0) is 42.7 Å². The van der Waals surface area contributed by atoms with Crippen LogP contribution < -0.4 is 15.9 Å². The van der Waals surface area contributed by atoms with Gasteiger partial charge in [-0.1, -0.05) is 42.1 Å². The van der Waals surface area contributed by atoms with Crippen molar-refractivity contribution < 1.29 is 9.53 Å². The number of carbonyl (C=O) groups excluding carboxylic acids is 1. The Morgan fingerprint density at radius 1 is 1.18 bits per heavy atom. The summed E-state index contributed by atoms with van der Waals surface area (Å²) in [7, 11) is 1.62. The molecule has 144 valence electrons. The minimum absolute atomic E-state index is 0.0345. The van der Waals surface area contributed by atoms with Crippen molar-refractivity contribution in [2.24, 2.45) is 0 Å². The zero-order valence-corrected chi connectivity index (χ0v) is 16.2. The second kappa shape index (κ2) is 7.93. The lowest BCUT2D eigenvalue weighted by Gasteiger charge is -2.16. The van der Waals surface area contributed by atoms with Crippen LogP contribution in [0.1, 0.15) is 23.7 Å². The van der Waals surface area contributed by atoms with E-state index < -0.39 is 5.25 Å². The van der Waals surface area contributed by atoms with Crippen molar-refractivity contribution in [3.63, 3.8) is 0 Å². The predicted octanol–water partition coefficient (Wildman–Crippen LogP) is 2.78. The van der Waals surface area contributed by atoms with E-state index in [0.717, 1.165) is 29.7 Å². The largest absolute Gasteiger partial charge is 0.497 e. The van der Waals surface area contributed by atoms with Crippen LogP contribution in [0, 0.1) is 0 Å². The number of carbonyl (C=O) groups is 1. The van der Waals surface area contributed by atoms with E-state index in [1.807, 2.05) is 54.6 Å². The van der Waals surface area contributed by atoms with Crippen LogP contribution in [0.2, 0.25) is 0 Å². The Labute approximate surface area is 167 Å². The average molecular weight is 395 g/mol. The molecular formula is C20H21N5O2S. The highest BCUT2D eigenvalue weighted by Crippen LogP contribution is 2.36. The lowest BCUT2D eigenvalue weighted by atomic mass is 10.1. The van der Waals surface area contributed by atoms with Gasteiger partial charge >= 0.3 is 0 Å². The maximum absolute atomic E-state index is 12.8. The van der Waals surface area contributed by atoms with Crippen molar-refractivity contribution >= 4 is 17.7 Å². The summed E-state index contributed by atoms with van der Waals surface area (Å²) < 4.78 is 6.61. The highest BCUT2D eigenvalue weighted by molar-refractivity contribution is 8.00. The van der Waals surface area contributed by atoms with Crippen molar-refractivity contribution in [1.29, 1.82) is 0 Å². The van der Waals surface area contributed by atoms with E-state index in [0.29, 0.717) is 11.0 Å². The molecule has 1 saturated carbocycles. The fourth-order valence-electron chi connectivity index (χ4n) is 2.81. The molecule has 4 rings (SSSR count). The number of hydrogen-bond acceptors (Lipinski definition) is 6. The quantitative estimate of drug-likeness (QED) is 0.472. The normalized spacial score (nSPS) is 14.5. The molecule has 3 N–H and O–H groups in total. The Hall–Kier alpha value is -3.00. The summed E-state index contributed by atoms with van der Waals surface area (Å²) in [5.41, 5.74) is 1.72. The topological polar surface area (TPSA) is 95.1 Å². The molecule has 1 aliphatic carbocycles. The van der Waals surface area contributed by atoms with Crippen LogP contribution in [-0.2, 0) is 4.79 Å². The standard InChI is InChI=1S/C20H21N5O2S/c1-27-16-11-7-14(8-12-16)18-23-24-20(25(18)21)28-17(13-5-3-2-4-6-13)19(26)22-15-9-10-15/h2-8,11-12,15,17H,9-10,21H2,1H3,(H,22,26)/t17-/m0/s1. The third kappa shape index (κ3) is 3.96. The van der Waals surface area contributed by atoms with Gasteiger partial charge in [-0.3, -0.25) is 4.79 Å². The molecule has 1 aromatic heterocycles. The van der Waals surface area contributed by atoms with E-state index >= 15 is 0 Å². The minimum atomic E-state index is -0.447. The number of nitrogens with zero attached hydrogens (tertiary/aromatic N) is 3. The Morgan fingerprint density at radius 3 is 2.54 bits per heavy atom. The number of nitrogen functional groups attached to an aromatic ring is 1. The third-order valence-corrected chi connectivity index (χ3v) is 5.71. The van der Waals surface area contributed by atoms with Gasteiger partial charge in [0.25, 0.3) is 0 Å². The van der Waals surface area contributed by atoms with E-state index in [1.54, 1.807) is 7.11 Å². The van der Waals surface area contributed by atoms with Crippen molar-refractivity contribution in [2.75, 3.05) is 13.0 Å². The Kier molecular flexibility index (Phi) is 5.21. The molecule has 1 fully saturated rings. The summed E-state index contributed by atoms with van der Waals surface area (Å²) in [6.45, 7) is 0. The SMILES string of the molecule is COc1ccc(-c2nnc(S[C@H](C(=O)NC3CC3)c3ccccc3)n2N)cc1. The average Bonchev–Trinajstić information content (AvgIpc) is 3.47. The van der Waals surface area contributed by atoms with Crippen LogP contribution >= 0.6 is 11.8 Å². The summed E-state index contributed by atoms with van der Waals surface area (Å²) >= 11 is 1.30. The summed E-state index contributed by atoms with van der Waals surface area (Å²) in [6, 6.07) is 17.3. The number of hydrogen-bond donors (Lipinski definition) is 2. The lowest BCUT2D eigenvalue weighted by Crippen LogP contribution is -2.30. The van der Waals surface area contributed by atoms with Crippen LogP contribution in [0.4, 0.5) is 0 Å². The first-order chi connectivity index (χ1) is 13.7. The Balaban J connectivity index is 1.59. The molecule has 0 radical (unpaired) electrons.